The zero-order chi connectivity index (χ0) is 26.4. The van der Waals surface area contributed by atoms with Crippen LogP contribution in [-0.2, 0) is 18.4 Å². The van der Waals surface area contributed by atoms with Crippen molar-refractivity contribution in [2.75, 3.05) is 18.0 Å². The predicted molar refractivity (Wildman–Crippen MR) is 148 cm³/mol. The van der Waals surface area contributed by atoms with Crippen molar-refractivity contribution < 1.29 is 19.2 Å². The molecule has 1 saturated carbocycles. The van der Waals surface area contributed by atoms with Crippen molar-refractivity contribution in [2.45, 2.75) is 50.7 Å². The van der Waals surface area contributed by atoms with E-state index < -0.39 is 5.97 Å². The first-order valence-corrected chi connectivity index (χ1v) is 13.8. The largest absolute Gasteiger partial charge is 0.477 e. The molecule has 2 aromatic heterocycles. The van der Waals surface area contributed by atoms with E-state index in [9.17, 15) is 9.90 Å². The maximum Gasteiger partial charge on any atom is 0.352 e. The van der Waals surface area contributed by atoms with Gasteiger partial charge in [0, 0.05) is 48.3 Å². The Morgan fingerprint density at radius 2 is 1.89 bits per heavy atom. The van der Waals surface area contributed by atoms with Crippen LogP contribution < -0.4 is 4.90 Å². The Morgan fingerprint density at radius 1 is 1.11 bits per heavy atom. The predicted octanol–water partition coefficient (Wildman–Crippen LogP) is 7.29. The molecule has 1 aliphatic carbocycles. The van der Waals surface area contributed by atoms with E-state index in [4.69, 9.17) is 32.5 Å². The minimum Gasteiger partial charge on any atom is -0.477 e. The number of ether oxygens (including phenoxy) is 1. The first-order chi connectivity index (χ1) is 18.4. The van der Waals surface area contributed by atoms with Crippen LogP contribution in [0.5, 0.6) is 0 Å². The molecule has 0 amide bonds. The summed E-state index contributed by atoms with van der Waals surface area (Å²) < 4.78 is 14.0. The molecule has 1 atom stereocenters. The van der Waals surface area contributed by atoms with Crippen LogP contribution in [0.15, 0.2) is 47.0 Å². The number of aromatic carboxylic acids is 1. The molecule has 0 radical (unpaired) electrons. The summed E-state index contributed by atoms with van der Waals surface area (Å²) in [5.41, 5.74) is 4.63. The summed E-state index contributed by atoms with van der Waals surface area (Å²) in [7, 11) is 1.80. The van der Waals surface area contributed by atoms with E-state index in [1.807, 2.05) is 24.3 Å². The average Bonchev–Trinajstić information content (AvgIpc) is 3.63. The molecule has 2 aliphatic rings. The second-order valence-electron chi connectivity index (χ2n) is 10.2. The number of halogens is 2. The fourth-order valence-electron chi connectivity index (χ4n) is 5.46. The first-order valence-electron chi connectivity index (χ1n) is 13.0. The van der Waals surface area contributed by atoms with Crippen LogP contribution in [0, 0.1) is 0 Å². The molecule has 6 rings (SSSR count). The van der Waals surface area contributed by atoms with E-state index in [1.165, 1.54) is 0 Å². The Bertz CT molecular complexity index is 1490. The van der Waals surface area contributed by atoms with Gasteiger partial charge in [0.05, 0.1) is 28.3 Å². The van der Waals surface area contributed by atoms with Gasteiger partial charge in [-0.15, -0.1) is 0 Å². The maximum atomic E-state index is 11.5. The number of benzene rings is 2. The lowest BCUT2D eigenvalue weighted by Gasteiger charge is -2.23. The number of hydrogen-bond acceptors (Lipinski definition) is 5. The topological polar surface area (TPSA) is 80.7 Å². The minimum absolute atomic E-state index is 0.105. The Hall–Kier alpha value is -3.00. The summed E-state index contributed by atoms with van der Waals surface area (Å²) in [6.07, 6.45) is 5.13. The molecule has 1 unspecified atom stereocenters. The third-order valence-electron chi connectivity index (χ3n) is 7.72. The summed E-state index contributed by atoms with van der Waals surface area (Å²) in [4.78, 5) is 13.9. The van der Waals surface area contributed by atoms with Crippen LogP contribution in [0.25, 0.3) is 22.2 Å². The molecule has 9 heteroatoms. The molecule has 2 aromatic carbocycles. The van der Waals surface area contributed by atoms with Crippen LogP contribution >= 0.6 is 23.2 Å². The molecule has 4 aromatic rings. The molecular formula is C29H29Cl2N3O4. The standard InChI is InChI=1S/C29H29Cl2N3O4/c1-33-24-15-19(10-9-18(24)14-25(33)29(35)36)34-12-3-4-20(11-13-34)37-16-21-27(32-38-28(21)17-7-8-17)26-22(30)5-2-6-23(26)31/h2,5-6,9-10,14-15,17,20H,3-4,7-8,11-13,16H2,1H3,(H,35,36). The van der Waals surface area contributed by atoms with Gasteiger partial charge >= 0.3 is 5.97 Å². The number of aryl methyl sites for hydroxylation is 1. The zero-order valence-corrected chi connectivity index (χ0v) is 22.6. The fourth-order valence-corrected chi connectivity index (χ4v) is 6.04. The van der Waals surface area contributed by atoms with Crippen LogP contribution in [0.3, 0.4) is 0 Å². The number of rotatable bonds is 7. The van der Waals surface area contributed by atoms with Gasteiger partial charge < -0.3 is 23.8 Å². The summed E-state index contributed by atoms with van der Waals surface area (Å²) in [5.74, 6) is 0.357. The van der Waals surface area contributed by atoms with E-state index in [0.29, 0.717) is 39.5 Å². The number of aromatic nitrogens is 2. The van der Waals surface area contributed by atoms with Gasteiger partial charge in [-0.2, -0.15) is 0 Å². The Labute approximate surface area is 230 Å². The van der Waals surface area contributed by atoms with Gasteiger partial charge in [0.25, 0.3) is 0 Å². The Kier molecular flexibility index (Phi) is 6.84. The van der Waals surface area contributed by atoms with Gasteiger partial charge in [-0.25, -0.2) is 4.79 Å². The molecule has 38 heavy (non-hydrogen) atoms. The van der Waals surface area contributed by atoms with Crippen molar-refractivity contribution >= 4 is 45.8 Å². The third-order valence-corrected chi connectivity index (χ3v) is 8.35. The number of hydrogen-bond donors (Lipinski definition) is 1. The number of carbonyl (C=O) groups is 1. The number of carboxylic acids is 1. The number of fused-ring (bicyclic) bond motifs is 1. The quantitative estimate of drug-likeness (QED) is 0.258. The van der Waals surface area contributed by atoms with Crippen molar-refractivity contribution in [2.24, 2.45) is 7.05 Å². The molecule has 3 heterocycles. The van der Waals surface area contributed by atoms with Crippen molar-refractivity contribution in [3.63, 3.8) is 0 Å². The van der Waals surface area contributed by atoms with E-state index in [1.54, 1.807) is 17.7 Å². The average molecular weight is 554 g/mol. The molecule has 2 fully saturated rings. The van der Waals surface area contributed by atoms with E-state index in [-0.39, 0.29) is 6.10 Å². The van der Waals surface area contributed by atoms with Crippen LogP contribution in [-0.4, -0.2) is 40.0 Å². The second kappa shape index (κ2) is 10.3. The lowest BCUT2D eigenvalue weighted by molar-refractivity contribution is 0.0328. The highest BCUT2D eigenvalue weighted by molar-refractivity contribution is 6.39. The van der Waals surface area contributed by atoms with Gasteiger partial charge in [0.1, 0.15) is 17.1 Å². The summed E-state index contributed by atoms with van der Waals surface area (Å²) >= 11 is 13.0. The minimum atomic E-state index is -0.919. The SMILES string of the molecule is Cn1c(C(=O)O)cc2ccc(N3CCCC(OCc4c(-c5c(Cl)cccc5Cl)noc4C4CC4)CC3)cc21. The fraction of sp³-hybridized carbons (Fsp3) is 0.379. The van der Waals surface area contributed by atoms with E-state index in [2.05, 4.69) is 22.2 Å². The van der Waals surface area contributed by atoms with Gasteiger partial charge in [0.2, 0.25) is 0 Å². The van der Waals surface area contributed by atoms with Crippen molar-refractivity contribution in [3.8, 4) is 11.3 Å². The molecule has 0 spiro atoms. The Balaban J connectivity index is 1.17. The molecular weight excluding hydrogens is 525 g/mol. The highest BCUT2D eigenvalue weighted by Gasteiger charge is 2.34. The van der Waals surface area contributed by atoms with Crippen molar-refractivity contribution in [1.29, 1.82) is 0 Å². The third kappa shape index (κ3) is 4.79. The molecule has 1 N–H and O–H groups in total. The van der Waals surface area contributed by atoms with Crippen LogP contribution in [0.2, 0.25) is 10.0 Å². The monoisotopic (exact) mass is 553 g/mol. The highest BCUT2D eigenvalue weighted by Crippen LogP contribution is 2.46. The summed E-state index contributed by atoms with van der Waals surface area (Å²) in [6.45, 7) is 2.18. The van der Waals surface area contributed by atoms with Crippen LogP contribution in [0.1, 0.15) is 59.8 Å². The molecule has 1 saturated heterocycles. The molecule has 7 nitrogen and oxygen atoms in total. The highest BCUT2D eigenvalue weighted by atomic mass is 35.5. The normalized spacial score (nSPS) is 18.2. The first kappa shape index (κ1) is 25.3. The Morgan fingerprint density at radius 3 is 2.63 bits per heavy atom. The summed E-state index contributed by atoms with van der Waals surface area (Å²) in [5, 5.41) is 15.9. The second-order valence-corrected chi connectivity index (χ2v) is 11.0. The van der Waals surface area contributed by atoms with Crippen molar-refractivity contribution in [1.82, 2.24) is 9.72 Å². The van der Waals surface area contributed by atoms with Crippen LogP contribution in [0.4, 0.5) is 5.69 Å². The van der Waals surface area contributed by atoms with E-state index in [0.717, 1.165) is 73.1 Å². The molecule has 0 bridgehead atoms. The van der Waals surface area contributed by atoms with Gasteiger partial charge in [-0.1, -0.05) is 40.5 Å². The molecule has 198 valence electrons. The number of nitrogens with zero attached hydrogens (tertiary/aromatic N) is 3. The summed E-state index contributed by atoms with van der Waals surface area (Å²) in [6, 6.07) is 13.3. The zero-order valence-electron chi connectivity index (χ0n) is 21.1. The number of anilines is 1. The van der Waals surface area contributed by atoms with Gasteiger partial charge in [-0.05, 0) is 62.4 Å². The maximum absolute atomic E-state index is 11.5. The van der Waals surface area contributed by atoms with Crippen molar-refractivity contribution in [3.05, 3.63) is 69.5 Å². The van der Waals surface area contributed by atoms with Gasteiger partial charge in [0.15, 0.2) is 0 Å². The number of carboxylic acid groups (broad SMARTS) is 1. The smallest absolute Gasteiger partial charge is 0.352 e. The molecule has 1 aliphatic heterocycles. The van der Waals surface area contributed by atoms with Gasteiger partial charge in [-0.3, -0.25) is 0 Å². The lowest BCUT2D eigenvalue weighted by Crippen LogP contribution is -2.25. The van der Waals surface area contributed by atoms with E-state index >= 15 is 0 Å². The lowest BCUT2D eigenvalue weighted by atomic mass is 10.0.